The molecule has 0 bridgehead atoms. The summed E-state index contributed by atoms with van der Waals surface area (Å²) in [5.41, 5.74) is 7.12. The molecule has 17 heavy (non-hydrogen) atoms. The van der Waals surface area contributed by atoms with Crippen LogP contribution >= 0.6 is 11.6 Å². The molecule has 2 rings (SSSR count). The maximum Gasteiger partial charge on any atom is 0.257 e. The Bertz CT molecular complexity index is 540. The summed E-state index contributed by atoms with van der Waals surface area (Å²) in [6.07, 6.45) is 0. The number of nitrogens with two attached hydrogens (primary N) is 1. The van der Waals surface area contributed by atoms with Gasteiger partial charge in [-0.1, -0.05) is 35.9 Å². The van der Waals surface area contributed by atoms with Gasteiger partial charge in [0.15, 0.2) is 0 Å². The van der Waals surface area contributed by atoms with Crippen LogP contribution in [0.15, 0.2) is 48.5 Å². The first-order chi connectivity index (χ1) is 8.18. The number of hydrogen-bond donors (Lipinski definition) is 2. The monoisotopic (exact) mass is 246 g/mol. The van der Waals surface area contributed by atoms with Crippen molar-refractivity contribution in [3.05, 3.63) is 59.1 Å². The number of halogens is 1. The summed E-state index contributed by atoms with van der Waals surface area (Å²) in [6.45, 7) is 0. The lowest BCUT2D eigenvalue weighted by atomic mass is 10.2. The highest BCUT2D eigenvalue weighted by Gasteiger charge is 2.11. The minimum Gasteiger partial charge on any atom is -0.398 e. The first-order valence-corrected chi connectivity index (χ1v) is 5.46. The van der Waals surface area contributed by atoms with Crippen LogP contribution in [0.2, 0.25) is 5.02 Å². The number of amides is 1. The fraction of sp³-hybridized carbons (Fsp3) is 0. The molecule has 3 N–H and O–H groups in total. The first kappa shape index (κ1) is 11.5. The second kappa shape index (κ2) is 4.89. The Labute approximate surface area is 104 Å². The Balaban J connectivity index is 2.24. The molecule has 2 aromatic rings. The Kier molecular flexibility index (Phi) is 3.30. The smallest absolute Gasteiger partial charge is 0.257 e. The zero-order valence-electron chi connectivity index (χ0n) is 8.98. The Morgan fingerprint density at radius 3 is 2.47 bits per heavy atom. The highest BCUT2D eigenvalue weighted by Crippen LogP contribution is 2.23. The van der Waals surface area contributed by atoms with Crippen LogP contribution in [0.5, 0.6) is 0 Å². The molecule has 1 amide bonds. The number of anilines is 2. The van der Waals surface area contributed by atoms with Crippen molar-refractivity contribution in [2.75, 3.05) is 11.1 Å². The summed E-state index contributed by atoms with van der Waals surface area (Å²) in [7, 11) is 0. The van der Waals surface area contributed by atoms with Crippen molar-refractivity contribution in [1.82, 2.24) is 0 Å². The van der Waals surface area contributed by atoms with Crippen LogP contribution in [0.4, 0.5) is 11.4 Å². The summed E-state index contributed by atoms with van der Waals surface area (Å²) in [6, 6.07) is 14.2. The van der Waals surface area contributed by atoms with Crippen LogP contribution < -0.4 is 11.1 Å². The average molecular weight is 247 g/mol. The molecule has 0 saturated carbocycles. The van der Waals surface area contributed by atoms with E-state index in [0.717, 1.165) is 5.69 Å². The number of benzene rings is 2. The van der Waals surface area contributed by atoms with Crippen molar-refractivity contribution < 1.29 is 4.79 Å². The van der Waals surface area contributed by atoms with E-state index in [1.807, 2.05) is 18.2 Å². The third-order valence-electron chi connectivity index (χ3n) is 2.30. The first-order valence-electron chi connectivity index (χ1n) is 5.09. The molecule has 0 aliphatic carbocycles. The van der Waals surface area contributed by atoms with Crippen LogP contribution in [0, 0.1) is 0 Å². The van der Waals surface area contributed by atoms with Crippen LogP contribution in [0.25, 0.3) is 0 Å². The molecule has 0 heterocycles. The van der Waals surface area contributed by atoms with Gasteiger partial charge in [-0.05, 0) is 24.3 Å². The van der Waals surface area contributed by atoms with Gasteiger partial charge in [-0.15, -0.1) is 0 Å². The molecule has 0 aromatic heterocycles. The van der Waals surface area contributed by atoms with Crippen molar-refractivity contribution in [2.24, 2.45) is 0 Å². The van der Waals surface area contributed by atoms with E-state index < -0.39 is 0 Å². The highest BCUT2D eigenvalue weighted by atomic mass is 35.5. The van der Waals surface area contributed by atoms with Crippen molar-refractivity contribution >= 4 is 28.9 Å². The van der Waals surface area contributed by atoms with Gasteiger partial charge in [-0.25, -0.2) is 0 Å². The number of nitrogens with one attached hydrogen (secondary N) is 1. The van der Waals surface area contributed by atoms with Crippen LogP contribution in [0.1, 0.15) is 10.4 Å². The van der Waals surface area contributed by atoms with Crippen LogP contribution in [0.3, 0.4) is 0 Å². The molecule has 0 unspecified atom stereocenters. The summed E-state index contributed by atoms with van der Waals surface area (Å²) >= 11 is 5.97. The minimum absolute atomic E-state index is 0.270. The van der Waals surface area contributed by atoms with E-state index in [4.69, 9.17) is 17.3 Å². The van der Waals surface area contributed by atoms with Gasteiger partial charge in [-0.3, -0.25) is 4.79 Å². The maximum absolute atomic E-state index is 11.9. The molecule has 0 aliphatic heterocycles. The van der Waals surface area contributed by atoms with Crippen molar-refractivity contribution in [3.8, 4) is 0 Å². The lowest BCUT2D eigenvalue weighted by molar-refractivity contribution is 0.102. The van der Waals surface area contributed by atoms with Gasteiger partial charge in [0.1, 0.15) is 0 Å². The van der Waals surface area contributed by atoms with Gasteiger partial charge in [0, 0.05) is 5.69 Å². The van der Waals surface area contributed by atoms with Gasteiger partial charge in [0.2, 0.25) is 0 Å². The van der Waals surface area contributed by atoms with Crippen molar-refractivity contribution in [1.29, 1.82) is 0 Å². The van der Waals surface area contributed by atoms with Gasteiger partial charge >= 0.3 is 0 Å². The number of hydrogen-bond acceptors (Lipinski definition) is 2. The fourth-order valence-electron chi connectivity index (χ4n) is 1.45. The Morgan fingerprint density at radius 1 is 1.06 bits per heavy atom. The van der Waals surface area contributed by atoms with Crippen LogP contribution in [-0.4, -0.2) is 5.91 Å². The summed E-state index contributed by atoms with van der Waals surface area (Å²) in [5.74, 6) is -0.270. The molecule has 0 saturated heterocycles. The topological polar surface area (TPSA) is 55.1 Å². The summed E-state index contributed by atoms with van der Waals surface area (Å²) in [5, 5.41) is 3.03. The highest BCUT2D eigenvalue weighted by molar-refractivity contribution is 6.36. The van der Waals surface area contributed by atoms with Gasteiger partial charge in [0.25, 0.3) is 5.91 Å². The molecule has 2 aromatic carbocycles. The quantitative estimate of drug-likeness (QED) is 0.800. The fourth-order valence-corrected chi connectivity index (χ4v) is 1.66. The van der Waals surface area contributed by atoms with Gasteiger partial charge < -0.3 is 11.1 Å². The SMILES string of the molecule is Nc1cccc(C(=O)Nc2ccccc2)c1Cl. The number of carbonyl (C=O) groups is 1. The molecule has 0 atom stereocenters. The molecule has 86 valence electrons. The van der Waals surface area contributed by atoms with E-state index in [-0.39, 0.29) is 10.9 Å². The van der Waals surface area contributed by atoms with Crippen LogP contribution in [-0.2, 0) is 0 Å². The van der Waals surface area contributed by atoms with E-state index in [2.05, 4.69) is 5.32 Å². The average Bonchev–Trinajstić information content (AvgIpc) is 2.34. The lowest BCUT2D eigenvalue weighted by Crippen LogP contribution is -2.12. The zero-order chi connectivity index (χ0) is 12.3. The van der Waals surface area contributed by atoms with Gasteiger partial charge in [0.05, 0.1) is 16.3 Å². The molecule has 3 nitrogen and oxygen atoms in total. The molecule has 0 spiro atoms. The number of nitrogen functional groups attached to an aromatic ring is 1. The molecular formula is C13H11ClN2O. The third kappa shape index (κ3) is 2.57. The second-order valence-electron chi connectivity index (χ2n) is 3.53. The van der Waals surface area contributed by atoms with Crippen molar-refractivity contribution in [3.63, 3.8) is 0 Å². The predicted octanol–water partition coefficient (Wildman–Crippen LogP) is 3.17. The molecule has 0 fully saturated rings. The minimum atomic E-state index is -0.270. The lowest BCUT2D eigenvalue weighted by Gasteiger charge is -2.07. The predicted molar refractivity (Wildman–Crippen MR) is 70.3 cm³/mol. The zero-order valence-corrected chi connectivity index (χ0v) is 9.74. The van der Waals surface area contributed by atoms with Crippen molar-refractivity contribution in [2.45, 2.75) is 0 Å². The Morgan fingerprint density at radius 2 is 1.76 bits per heavy atom. The van der Waals surface area contributed by atoms with E-state index >= 15 is 0 Å². The molecule has 0 radical (unpaired) electrons. The molecule has 4 heteroatoms. The standard InChI is InChI=1S/C13H11ClN2O/c14-12-10(7-4-8-11(12)15)13(17)16-9-5-2-1-3-6-9/h1-8H,15H2,(H,16,17). The van der Waals surface area contributed by atoms with E-state index in [9.17, 15) is 4.79 Å². The second-order valence-corrected chi connectivity index (χ2v) is 3.91. The number of carbonyl (C=O) groups excluding carboxylic acids is 1. The van der Waals surface area contributed by atoms with E-state index in [0.29, 0.717) is 11.3 Å². The normalized spacial score (nSPS) is 9.94. The summed E-state index contributed by atoms with van der Waals surface area (Å²) in [4.78, 5) is 11.9. The number of para-hydroxylation sites is 1. The number of rotatable bonds is 2. The van der Waals surface area contributed by atoms with Gasteiger partial charge in [-0.2, -0.15) is 0 Å². The molecule has 0 aliphatic rings. The summed E-state index contributed by atoms with van der Waals surface area (Å²) < 4.78 is 0. The largest absolute Gasteiger partial charge is 0.398 e. The maximum atomic E-state index is 11.9. The third-order valence-corrected chi connectivity index (χ3v) is 2.73. The Hall–Kier alpha value is -2.00. The van der Waals surface area contributed by atoms with E-state index in [1.54, 1.807) is 30.3 Å². The molecular weight excluding hydrogens is 236 g/mol. The van der Waals surface area contributed by atoms with E-state index in [1.165, 1.54) is 0 Å².